The second-order valence-electron chi connectivity index (χ2n) is 4.92. The Labute approximate surface area is 130 Å². The molecular formula is C18H19NO3. The van der Waals surface area contributed by atoms with Gasteiger partial charge >= 0.3 is 0 Å². The van der Waals surface area contributed by atoms with E-state index in [1.54, 1.807) is 25.3 Å². The van der Waals surface area contributed by atoms with Crippen LogP contribution >= 0.6 is 0 Å². The molecule has 0 aliphatic heterocycles. The van der Waals surface area contributed by atoms with Crippen LogP contribution in [0.1, 0.15) is 16.7 Å². The number of benzene rings is 2. The predicted molar refractivity (Wildman–Crippen MR) is 84.6 cm³/mol. The van der Waals surface area contributed by atoms with Crippen molar-refractivity contribution in [3.05, 3.63) is 53.1 Å². The first-order chi connectivity index (χ1) is 10.6. The standard InChI is InChI=1S/C18H19NO3/c1-13-4-6-16(10-14(13)2)21-8-9-22-17-7-5-15(12-19)11-18(17)20-3/h4-7,10-11H,8-9H2,1-3H3. The maximum atomic E-state index is 8.86. The molecule has 4 nitrogen and oxygen atoms in total. The van der Waals surface area contributed by atoms with E-state index in [4.69, 9.17) is 19.5 Å². The molecule has 0 fully saturated rings. The van der Waals surface area contributed by atoms with E-state index in [-0.39, 0.29) is 0 Å². The molecule has 0 atom stereocenters. The highest BCUT2D eigenvalue weighted by Gasteiger charge is 2.06. The molecule has 0 amide bonds. The van der Waals surface area contributed by atoms with Crippen LogP contribution in [0.15, 0.2) is 36.4 Å². The first-order valence-electron chi connectivity index (χ1n) is 7.05. The van der Waals surface area contributed by atoms with Crippen molar-refractivity contribution >= 4 is 0 Å². The predicted octanol–water partition coefficient (Wildman–Crippen LogP) is 3.64. The van der Waals surface area contributed by atoms with Gasteiger partial charge in [0, 0.05) is 6.07 Å². The van der Waals surface area contributed by atoms with E-state index in [0.717, 1.165) is 5.75 Å². The minimum atomic E-state index is 0.398. The Morgan fingerprint density at radius 3 is 2.36 bits per heavy atom. The van der Waals surface area contributed by atoms with Crippen LogP contribution in [-0.2, 0) is 0 Å². The number of nitrogens with zero attached hydrogens (tertiary/aromatic N) is 1. The fourth-order valence-corrected chi connectivity index (χ4v) is 1.97. The average molecular weight is 297 g/mol. The molecule has 0 heterocycles. The van der Waals surface area contributed by atoms with Crippen molar-refractivity contribution in [2.24, 2.45) is 0 Å². The average Bonchev–Trinajstić information content (AvgIpc) is 2.54. The monoisotopic (exact) mass is 297 g/mol. The highest BCUT2D eigenvalue weighted by atomic mass is 16.5. The highest BCUT2D eigenvalue weighted by Crippen LogP contribution is 2.27. The Bertz CT molecular complexity index is 689. The van der Waals surface area contributed by atoms with E-state index in [1.807, 2.05) is 18.2 Å². The van der Waals surface area contributed by atoms with Gasteiger partial charge in [-0.2, -0.15) is 5.26 Å². The Morgan fingerprint density at radius 2 is 1.68 bits per heavy atom. The third-order valence-electron chi connectivity index (χ3n) is 3.38. The van der Waals surface area contributed by atoms with Crippen molar-refractivity contribution in [1.29, 1.82) is 5.26 Å². The summed E-state index contributed by atoms with van der Waals surface area (Å²) in [7, 11) is 1.55. The van der Waals surface area contributed by atoms with E-state index in [1.165, 1.54) is 11.1 Å². The van der Waals surface area contributed by atoms with Gasteiger partial charge in [0.25, 0.3) is 0 Å². The topological polar surface area (TPSA) is 51.5 Å². The fraction of sp³-hybridized carbons (Fsp3) is 0.278. The van der Waals surface area contributed by atoms with Gasteiger partial charge in [0.1, 0.15) is 19.0 Å². The Morgan fingerprint density at radius 1 is 0.909 bits per heavy atom. The summed E-state index contributed by atoms with van der Waals surface area (Å²) in [4.78, 5) is 0. The van der Waals surface area contributed by atoms with Gasteiger partial charge in [-0.25, -0.2) is 0 Å². The molecule has 0 N–H and O–H groups in total. The second kappa shape index (κ2) is 7.37. The van der Waals surface area contributed by atoms with Gasteiger partial charge < -0.3 is 14.2 Å². The number of hydrogen-bond donors (Lipinski definition) is 0. The van der Waals surface area contributed by atoms with E-state index >= 15 is 0 Å². The summed E-state index contributed by atoms with van der Waals surface area (Å²) in [6.45, 7) is 4.96. The van der Waals surface area contributed by atoms with Gasteiger partial charge in [-0.15, -0.1) is 0 Å². The molecule has 2 aromatic rings. The molecule has 0 radical (unpaired) electrons. The zero-order valence-electron chi connectivity index (χ0n) is 13.1. The first-order valence-corrected chi connectivity index (χ1v) is 7.05. The molecule has 2 rings (SSSR count). The van der Waals surface area contributed by atoms with E-state index in [0.29, 0.717) is 30.3 Å². The Kier molecular flexibility index (Phi) is 5.26. The van der Waals surface area contributed by atoms with Gasteiger partial charge in [0.2, 0.25) is 0 Å². The normalized spacial score (nSPS) is 9.91. The smallest absolute Gasteiger partial charge is 0.162 e. The van der Waals surface area contributed by atoms with Crippen molar-refractivity contribution in [2.45, 2.75) is 13.8 Å². The molecule has 0 aliphatic rings. The molecule has 0 aromatic heterocycles. The zero-order valence-corrected chi connectivity index (χ0v) is 13.1. The quantitative estimate of drug-likeness (QED) is 0.764. The summed E-state index contributed by atoms with van der Waals surface area (Å²) < 4.78 is 16.5. The zero-order chi connectivity index (χ0) is 15.9. The number of rotatable bonds is 6. The van der Waals surface area contributed by atoms with Crippen molar-refractivity contribution in [3.63, 3.8) is 0 Å². The van der Waals surface area contributed by atoms with Gasteiger partial charge in [0.15, 0.2) is 11.5 Å². The van der Waals surface area contributed by atoms with Gasteiger partial charge in [-0.3, -0.25) is 0 Å². The summed E-state index contributed by atoms with van der Waals surface area (Å²) in [5.41, 5.74) is 2.98. The van der Waals surface area contributed by atoms with Crippen LogP contribution in [0.25, 0.3) is 0 Å². The number of nitriles is 1. The van der Waals surface area contributed by atoms with E-state index in [9.17, 15) is 0 Å². The number of aryl methyl sites for hydroxylation is 2. The van der Waals surface area contributed by atoms with Gasteiger partial charge in [-0.05, 0) is 49.2 Å². The molecule has 22 heavy (non-hydrogen) atoms. The number of ether oxygens (including phenoxy) is 3. The second-order valence-corrected chi connectivity index (χ2v) is 4.92. The van der Waals surface area contributed by atoms with Crippen LogP contribution in [0, 0.1) is 25.2 Å². The summed E-state index contributed by atoms with van der Waals surface area (Å²) in [6, 6.07) is 13.1. The third kappa shape index (κ3) is 3.92. The summed E-state index contributed by atoms with van der Waals surface area (Å²) in [5.74, 6) is 1.98. The maximum Gasteiger partial charge on any atom is 0.162 e. The lowest BCUT2D eigenvalue weighted by Crippen LogP contribution is -2.09. The number of hydrogen-bond acceptors (Lipinski definition) is 4. The molecular weight excluding hydrogens is 278 g/mol. The lowest BCUT2D eigenvalue weighted by Gasteiger charge is -2.12. The van der Waals surface area contributed by atoms with E-state index in [2.05, 4.69) is 19.9 Å². The maximum absolute atomic E-state index is 8.86. The van der Waals surface area contributed by atoms with Crippen molar-refractivity contribution in [3.8, 4) is 23.3 Å². The lowest BCUT2D eigenvalue weighted by molar-refractivity contribution is 0.211. The fourth-order valence-electron chi connectivity index (χ4n) is 1.97. The molecule has 0 saturated carbocycles. The van der Waals surface area contributed by atoms with Crippen LogP contribution in [-0.4, -0.2) is 20.3 Å². The molecule has 2 aromatic carbocycles. The Hall–Kier alpha value is -2.67. The molecule has 4 heteroatoms. The molecule has 0 bridgehead atoms. The molecule has 114 valence electrons. The highest BCUT2D eigenvalue weighted by molar-refractivity contribution is 5.46. The summed E-state index contributed by atoms with van der Waals surface area (Å²) in [5, 5.41) is 8.86. The van der Waals surface area contributed by atoms with Crippen LogP contribution in [0.2, 0.25) is 0 Å². The van der Waals surface area contributed by atoms with Gasteiger partial charge in [0.05, 0.1) is 18.7 Å². The minimum Gasteiger partial charge on any atom is -0.493 e. The molecule has 0 aliphatic carbocycles. The van der Waals surface area contributed by atoms with Crippen molar-refractivity contribution < 1.29 is 14.2 Å². The molecule has 0 unspecified atom stereocenters. The van der Waals surface area contributed by atoms with Crippen LogP contribution < -0.4 is 14.2 Å². The van der Waals surface area contributed by atoms with Gasteiger partial charge in [-0.1, -0.05) is 6.07 Å². The molecule has 0 saturated heterocycles. The SMILES string of the molecule is COc1cc(C#N)ccc1OCCOc1ccc(C)c(C)c1. The Balaban J connectivity index is 1.88. The lowest BCUT2D eigenvalue weighted by atomic mass is 10.1. The summed E-state index contributed by atoms with van der Waals surface area (Å²) in [6.07, 6.45) is 0. The van der Waals surface area contributed by atoms with E-state index < -0.39 is 0 Å². The summed E-state index contributed by atoms with van der Waals surface area (Å²) >= 11 is 0. The van der Waals surface area contributed by atoms with Crippen LogP contribution in [0.5, 0.6) is 17.2 Å². The number of methoxy groups -OCH3 is 1. The third-order valence-corrected chi connectivity index (χ3v) is 3.38. The van der Waals surface area contributed by atoms with Crippen molar-refractivity contribution in [2.75, 3.05) is 20.3 Å². The minimum absolute atomic E-state index is 0.398. The van der Waals surface area contributed by atoms with Crippen LogP contribution in [0.4, 0.5) is 0 Å². The largest absolute Gasteiger partial charge is 0.493 e. The molecule has 0 spiro atoms. The van der Waals surface area contributed by atoms with Crippen molar-refractivity contribution in [1.82, 2.24) is 0 Å². The first kappa shape index (κ1) is 15.7. The van der Waals surface area contributed by atoms with Crippen LogP contribution in [0.3, 0.4) is 0 Å².